The maximum absolute atomic E-state index is 12.3. The largest absolute Gasteiger partial charge is 0.458 e. The van der Waals surface area contributed by atoms with Gasteiger partial charge in [-0.05, 0) is 38.0 Å². The van der Waals surface area contributed by atoms with Crippen molar-refractivity contribution in [1.29, 1.82) is 0 Å². The summed E-state index contributed by atoms with van der Waals surface area (Å²) in [6.45, 7) is 2.39. The molecule has 3 rings (SSSR count). The number of para-hydroxylation sites is 1. The minimum Gasteiger partial charge on any atom is -0.458 e. The lowest BCUT2D eigenvalue weighted by Crippen LogP contribution is -2.18. The van der Waals surface area contributed by atoms with Crippen molar-refractivity contribution in [3.05, 3.63) is 59.8 Å². The van der Waals surface area contributed by atoms with E-state index in [4.69, 9.17) is 4.74 Å². The van der Waals surface area contributed by atoms with Gasteiger partial charge in [0.2, 0.25) is 0 Å². The average Bonchev–Trinajstić information content (AvgIpc) is 3.04. The maximum Gasteiger partial charge on any atom is 0.359 e. The molecule has 3 aromatic rings. The molecule has 0 aliphatic rings. The minimum absolute atomic E-state index is 0.241. The van der Waals surface area contributed by atoms with Crippen LogP contribution in [0.3, 0.4) is 0 Å². The van der Waals surface area contributed by atoms with Crippen molar-refractivity contribution < 1.29 is 14.7 Å². The number of benzene rings is 1. The second-order valence-electron chi connectivity index (χ2n) is 5.76. The number of carbonyl (C=O) groups excluding carboxylic acids is 1. The summed E-state index contributed by atoms with van der Waals surface area (Å²) in [5.74, 6) is -0.432. The second kappa shape index (κ2) is 7.65. The van der Waals surface area contributed by atoms with E-state index in [0.29, 0.717) is 24.1 Å². The molecule has 130 valence electrons. The van der Waals surface area contributed by atoms with Crippen LogP contribution in [0.2, 0.25) is 0 Å². The number of esters is 1. The minimum atomic E-state index is -0.432. The smallest absolute Gasteiger partial charge is 0.359 e. The summed E-state index contributed by atoms with van der Waals surface area (Å²) in [6.07, 6.45) is 2.70. The number of rotatable bonds is 6. The third kappa shape index (κ3) is 4.06. The van der Waals surface area contributed by atoms with Crippen molar-refractivity contribution in [3.63, 3.8) is 0 Å². The molecule has 1 unspecified atom stereocenters. The van der Waals surface area contributed by atoms with Crippen LogP contribution >= 0.6 is 0 Å². The van der Waals surface area contributed by atoms with Gasteiger partial charge in [0.25, 0.3) is 0 Å². The number of nitrogens with one attached hydrogen (secondary N) is 1. The number of ether oxygens (including phenoxy) is 1. The molecule has 2 aromatic heterocycles. The second-order valence-corrected chi connectivity index (χ2v) is 5.76. The molecule has 0 radical (unpaired) electrons. The van der Waals surface area contributed by atoms with Gasteiger partial charge < -0.3 is 9.94 Å². The highest BCUT2D eigenvalue weighted by molar-refractivity contribution is 6.01. The number of hydrogen-bond acceptors (Lipinski definition) is 5. The van der Waals surface area contributed by atoms with E-state index in [1.54, 1.807) is 12.1 Å². The molecule has 7 heteroatoms. The van der Waals surface area contributed by atoms with Crippen LogP contribution in [0, 0.1) is 0 Å². The standard InChI is InChI=1S/C18H20N4O3/c1-13(7-6-11-19-16-10-4-5-12-22(16)24)25-18(23)17-14-8-2-3-9-15(14)20-21-17/h2-5,8-10,12-13,24H,6-7,11H2,1H3,(H,20,21). The molecule has 0 saturated carbocycles. The summed E-state index contributed by atoms with van der Waals surface area (Å²) in [5.41, 5.74) is 1.61. The molecule has 2 N–H and O–H groups in total. The fraction of sp³-hybridized carbons (Fsp3) is 0.278. The van der Waals surface area contributed by atoms with Crippen LogP contribution in [0.4, 0.5) is 0 Å². The summed E-state index contributed by atoms with van der Waals surface area (Å²) in [5, 5.41) is 17.2. The molecule has 25 heavy (non-hydrogen) atoms. The fourth-order valence-electron chi connectivity index (χ4n) is 2.54. The van der Waals surface area contributed by atoms with E-state index in [1.165, 1.54) is 6.20 Å². The lowest BCUT2D eigenvalue weighted by Gasteiger charge is -2.11. The van der Waals surface area contributed by atoms with Gasteiger partial charge in [-0.3, -0.25) is 10.1 Å². The van der Waals surface area contributed by atoms with Crippen LogP contribution < -0.4 is 5.49 Å². The van der Waals surface area contributed by atoms with E-state index in [2.05, 4.69) is 15.2 Å². The van der Waals surface area contributed by atoms with Crippen molar-refractivity contribution in [1.82, 2.24) is 14.9 Å². The third-order valence-electron chi connectivity index (χ3n) is 3.83. The van der Waals surface area contributed by atoms with Gasteiger partial charge in [-0.25, -0.2) is 4.79 Å². The Bertz CT molecular complexity index is 929. The van der Waals surface area contributed by atoms with E-state index in [-0.39, 0.29) is 6.10 Å². The van der Waals surface area contributed by atoms with Crippen LogP contribution in [0.15, 0.2) is 53.7 Å². The van der Waals surface area contributed by atoms with Gasteiger partial charge in [0, 0.05) is 18.1 Å². The molecule has 0 bridgehead atoms. The SMILES string of the molecule is CC(CCCN=c1ccccn1O)OC(=O)c1n[nH]c2ccccc12. The average molecular weight is 340 g/mol. The molecular weight excluding hydrogens is 320 g/mol. The summed E-state index contributed by atoms with van der Waals surface area (Å²) in [4.78, 5) is 16.6. The van der Waals surface area contributed by atoms with Gasteiger partial charge in [0.05, 0.1) is 11.6 Å². The van der Waals surface area contributed by atoms with Crippen LogP contribution in [0.1, 0.15) is 30.3 Å². The third-order valence-corrected chi connectivity index (χ3v) is 3.83. The first-order valence-electron chi connectivity index (χ1n) is 8.16. The zero-order valence-corrected chi connectivity index (χ0v) is 13.9. The van der Waals surface area contributed by atoms with Gasteiger partial charge in [-0.1, -0.05) is 24.3 Å². The molecule has 7 nitrogen and oxygen atoms in total. The van der Waals surface area contributed by atoms with Crippen molar-refractivity contribution in [3.8, 4) is 0 Å². The predicted molar refractivity (Wildman–Crippen MR) is 92.3 cm³/mol. The summed E-state index contributed by atoms with van der Waals surface area (Å²) in [7, 11) is 0. The Kier molecular flexibility index (Phi) is 5.13. The van der Waals surface area contributed by atoms with Gasteiger partial charge in [0.1, 0.15) is 0 Å². The highest BCUT2D eigenvalue weighted by Gasteiger charge is 2.17. The fourth-order valence-corrected chi connectivity index (χ4v) is 2.54. The molecule has 0 aliphatic heterocycles. The Labute approximate surface area is 144 Å². The molecule has 0 spiro atoms. The Hall–Kier alpha value is -3.09. The Balaban J connectivity index is 1.52. The summed E-state index contributed by atoms with van der Waals surface area (Å²) in [6, 6.07) is 12.7. The zero-order valence-electron chi connectivity index (χ0n) is 13.9. The lowest BCUT2D eigenvalue weighted by molar-refractivity contribution is 0.0317. The predicted octanol–water partition coefficient (Wildman–Crippen LogP) is 2.53. The summed E-state index contributed by atoms with van der Waals surface area (Å²) >= 11 is 0. The number of carbonyl (C=O) groups is 1. The van der Waals surface area contributed by atoms with Gasteiger partial charge in [-0.2, -0.15) is 9.83 Å². The molecule has 0 aliphatic carbocycles. The number of pyridine rings is 1. The van der Waals surface area contributed by atoms with E-state index in [1.807, 2.05) is 37.3 Å². The molecule has 2 heterocycles. The van der Waals surface area contributed by atoms with Crippen LogP contribution in [-0.4, -0.2) is 38.8 Å². The van der Waals surface area contributed by atoms with E-state index in [0.717, 1.165) is 22.1 Å². The quantitative estimate of drug-likeness (QED) is 0.410. The first-order chi connectivity index (χ1) is 12.1. The number of H-pyrrole nitrogens is 1. The first kappa shape index (κ1) is 16.8. The topological polar surface area (TPSA) is 92.5 Å². The van der Waals surface area contributed by atoms with Crippen LogP contribution in [-0.2, 0) is 4.74 Å². The molecule has 1 atom stereocenters. The first-order valence-corrected chi connectivity index (χ1v) is 8.16. The highest BCUT2D eigenvalue weighted by Crippen LogP contribution is 2.17. The molecular formula is C18H20N4O3. The number of fused-ring (bicyclic) bond motifs is 1. The van der Waals surface area contributed by atoms with Gasteiger partial charge in [-0.15, -0.1) is 0 Å². The van der Waals surface area contributed by atoms with Crippen molar-refractivity contribution in [2.45, 2.75) is 25.9 Å². The Morgan fingerprint density at radius 2 is 2.12 bits per heavy atom. The molecule has 0 fully saturated rings. The Morgan fingerprint density at radius 3 is 2.96 bits per heavy atom. The maximum atomic E-state index is 12.3. The van der Waals surface area contributed by atoms with Gasteiger partial charge >= 0.3 is 5.97 Å². The number of hydrogen-bond donors (Lipinski definition) is 2. The van der Waals surface area contributed by atoms with Crippen molar-refractivity contribution in [2.24, 2.45) is 4.99 Å². The van der Waals surface area contributed by atoms with E-state index >= 15 is 0 Å². The van der Waals surface area contributed by atoms with Crippen molar-refractivity contribution in [2.75, 3.05) is 6.54 Å². The lowest BCUT2D eigenvalue weighted by atomic mass is 10.2. The molecule has 1 aromatic carbocycles. The molecule has 0 saturated heterocycles. The monoisotopic (exact) mass is 340 g/mol. The number of nitrogens with zero attached hydrogens (tertiary/aromatic N) is 3. The number of aromatic amines is 1. The van der Waals surface area contributed by atoms with E-state index in [9.17, 15) is 10.0 Å². The van der Waals surface area contributed by atoms with Crippen molar-refractivity contribution >= 4 is 16.9 Å². The highest BCUT2D eigenvalue weighted by atomic mass is 16.5. The van der Waals surface area contributed by atoms with E-state index < -0.39 is 5.97 Å². The molecule has 0 amide bonds. The number of aromatic nitrogens is 3. The zero-order chi connectivity index (χ0) is 17.6. The van der Waals surface area contributed by atoms with Gasteiger partial charge in [0.15, 0.2) is 11.2 Å². The van der Waals surface area contributed by atoms with Crippen LogP contribution in [0.5, 0.6) is 0 Å². The normalized spacial score (nSPS) is 13.1. The van der Waals surface area contributed by atoms with Crippen LogP contribution in [0.25, 0.3) is 10.9 Å². The summed E-state index contributed by atoms with van der Waals surface area (Å²) < 4.78 is 6.44. The Morgan fingerprint density at radius 1 is 1.32 bits per heavy atom.